The van der Waals surface area contributed by atoms with Gasteiger partial charge in [-0.05, 0) is 62.9 Å². The molecule has 0 unspecified atom stereocenters. The Morgan fingerprint density at radius 1 is 1.03 bits per heavy atom. The molecule has 35 heavy (non-hydrogen) atoms. The van der Waals surface area contributed by atoms with E-state index in [4.69, 9.17) is 11.6 Å². The number of sulfonamides is 1. The molecule has 0 saturated heterocycles. The lowest BCUT2D eigenvalue weighted by atomic mass is 9.99. The Bertz CT molecular complexity index is 1170. The first-order valence-electron chi connectivity index (χ1n) is 11.3. The molecule has 0 aromatic heterocycles. The van der Waals surface area contributed by atoms with Crippen LogP contribution in [0, 0.1) is 6.92 Å². The zero-order valence-electron chi connectivity index (χ0n) is 19.2. The molecule has 0 atom stereocenters. The Labute approximate surface area is 208 Å². The Hall–Kier alpha value is -2.59. The van der Waals surface area contributed by atoms with Gasteiger partial charge in [-0.3, -0.25) is 9.10 Å². The van der Waals surface area contributed by atoms with Crippen LogP contribution in [0.5, 0.6) is 0 Å². The number of rotatable bonds is 6. The molecule has 0 spiro atoms. The fourth-order valence-corrected chi connectivity index (χ4v) is 5.41. The molecule has 2 aromatic rings. The zero-order chi connectivity index (χ0) is 25.6. The van der Waals surface area contributed by atoms with Crippen LogP contribution in [0.4, 0.5) is 18.9 Å². The summed E-state index contributed by atoms with van der Waals surface area (Å²) in [6, 6.07) is 8.53. The van der Waals surface area contributed by atoms with Gasteiger partial charge in [0.1, 0.15) is 6.54 Å². The van der Waals surface area contributed by atoms with E-state index in [0.717, 1.165) is 68.4 Å². The Balaban J connectivity index is 1.94. The van der Waals surface area contributed by atoms with Crippen molar-refractivity contribution in [1.29, 1.82) is 0 Å². The maximum atomic E-state index is 13.5. The summed E-state index contributed by atoms with van der Waals surface area (Å²) in [4.78, 5) is 12.6. The molecule has 1 N–H and O–H groups in total. The standard InChI is InChI=1S/C24H27ClF3N3O3S/c1-17-9-12-20(13-10-17)35(33,34)31(19-11-14-22(25)21(15-19)24(26,27)28)16-23(32)30-29-18-7-5-3-2-4-6-8-18/h9-15H,2-8,16H2,1H3,(H,30,32). The molecule has 1 aliphatic rings. The lowest BCUT2D eigenvalue weighted by Crippen LogP contribution is -2.40. The van der Waals surface area contributed by atoms with E-state index in [1.54, 1.807) is 19.1 Å². The molecule has 1 saturated carbocycles. The second-order valence-corrected chi connectivity index (χ2v) is 10.7. The number of nitrogens with one attached hydrogen (secondary N) is 1. The molecule has 1 fully saturated rings. The van der Waals surface area contributed by atoms with Crippen LogP contribution in [0.1, 0.15) is 56.1 Å². The van der Waals surface area contributed by atoms with Crippen LogP contribution in [0.3, 0.4) is 0 Å². The van der Waals surface area contributed by atoms with Gasteiger partial charge in [-0.15, -0.1) is 0 Å². The highest BCUT2D eigenvalue weighted by Gasteiger charge is 2.35. The van der Waals surface area contributed by atoms with Crippen LogP contribution in [0.15, 0.2) is 52.5 Å². The summed E-state index contributed by atoms with van der Waals surface area (Å²) < 4.78 is 67.8. The Kier molecular flexibility index (Phi) is 8.82. The third kappa shape index (κ3) is 7.20. The van der Waals surface area contributed by atoms with Gasteiger partial charge < -0.3 is 0 Å². The summed E-state index contributed by atoms with van der Waals surface area (Å²) in [5.74, 6) is -0.765. The summed E-state index contributed by atoms with van der Waals surface area (Å²) in [7, 11) is -4.38. The molecule has 11 heteroatoms. The van der Waals surface area contributed by atoms with Crippen molar-refractivity contribution in [2.75, 3.05) is 10.8 Å². The van der Waals surface area contributed by atoms with Crippen molar-refractivity contribution in [3.05, 3.63) is 58.6 Å². The first kappa shape index (κ1) is 27.0. The smallest absolute Gasteiger partial charge is 0.271 e. The number of halogens is 4. The summed E-state index contributed by atoms with van der Waals surface area (Å²) in [5.41, 5.74) is 2.47. The van der Waals surface area contributed by atoms with Crippen LogP contribution in [0.2, 0.25) is 5.02 Å². The highest BCUT2D eigenvalue weighted by Crippen LogP contribution is 2.38. The van der Waals surface area contributed by atoms with Gasteiger partial charge in [-0.1, -0.05) is 48.6 Å². The number of hydrogen-bond acceptors (Lipinski definition) is 4. The summed E-state index contributed by atoms with van der Waals surface area (Å²) in [6.45, 7) is 1.01. The fourth-order valence-electron chi connectivity index (χ4n) is 3.77. The van der Waals surface area contributed by atoms with Gasteiger partial charge in [0.25, 0.3) is 15.9 Å². The van der Waals surface area contributed by atoms with Crippen molar-refractivity contribution in [1.82, 2.24) is 5.43 Å². The van der Waals surface area contributed by atoms with Crippen molar-refractivity contribution >= 4 is 38.9 Å². The van der Waals surface area contributed by atoms with E-state index < -0.39 is 39.2 Å². The van der Waals surface area contributed by atoms with E-state index >= 15 is 0 Å². The number of nitrogens with zero attached hydrogens (tertiary/aromatic N) is 2. The number of aryl methyl sites for hydroxylation is 1. The van der Waals surface area contributed by atoms with Crippen molar-refractivity contribution in [2.24, 2.45) is 5.10 Å². The molecule has 0 bridgehead atoms. The molecule has 0 heterocycles. The molecular weight excluding hydrogens is 503 g/mol. The predicted molar refractivity (Wildman–Crippen MR) is 130 cm³/mol. The molecule has 190 valence electrons. The number of anilines is 1. The van der Waals surface area contributed by atoms with Crippen LogP contribution in [0.25, 0.3) is 0 Å². The topological polar surface area (TPSA) is 78.8 Å². The maximum absolute atomic E-state index is 13.5. The molecule has 1 aliphatic carbocycles. The largest absolute Gasteiger partial charge is 0.417 e. The number of carbonyl (C=O) groups excluding carboxylic acids is 1. The highest BCUT2D eigenvalue weighted by molar-refractivity contribution is 7.92. The average molecular weight is 530 g/mol. The summed E-state index contributed by atoms with van der Waals surface area (Å²) in [5, 5.41) is 3.59. The number of hydrazone groups is 1. The van der Waals surface area contributed by atoms with Crippen LogP contribution >= 0.6 is 11.6 Å². The Morgan fingerprint density at radius 2 is 1.63 bits per heavy atom. The van der Waals surface area contributed by atoms with Crippen LogP contribution in [-0.4, -0.2) is 26.6 Å². The predicted octanol–water partition coefficient (Wildman–Crippen LogP) is 6.08. The molecular formula is C24H27ClF3N3O3S. The van der Waals surface area contributed by atoms with Crippen molar-refractivity contribution in [2.45, 2.75) is 62.9 Å². The van der Waals surface area contributed by atoms with Crippen LogP contribution < -0.4 is 9.73 Å². The van der Waals surface area contributed by atoms with Crippen molar-refractivity contribution in [3.8, 4) is 0 Å². The minimum absolute atomic E-state index is 0.161. The summed E-state index contributed by atoms with van der Waals surface area (Å²) in [6.07, 6.45) is 1.88. The van der Waals surface area contributed by atoms with E-state index in [0.29, 0.717) is 10.4 Å². The second kappa shape index (κ2) is 11.4. The normalized spacial score (nSPS) is 15.2. The third-order valence-corrected chi connectivity index (χ3v) is 7.83. The second-order valence-electron chi connectivity index (χ2n) is 8.47. The lowest BCUT2D eigenvalue weighted by Gasteiger charge is -2.25. The number of alkyl halides is 3. The fraction of sp³-hybridized carbons (Fsp3) is 0.417. The average Bonchev–Trinajstić information content (AvgIpc) is 2.76. The minimum Gasteiger partial charge on any atom is -0.271 e. The van der Waals surface area contributed by atoms with E-state index in [1.165, 1.54) is 12.1 Å². The number of benzene rings is 2. The van der Waals surface area contributed by atoms with Gasteiger partial charge in [0.2, 0.25) is 0 Å². The van der Waals surface area contributed by atoms with Gasteiger partial charge in [-0.25, -0.2) is 13.8 Å². The van der Waals surface area contributed by atoms with Crippen molar-refractivity contribution in [3.63, 3.8) is 0 Å². The van der Waals surface area contributed by atoms with Gasteiger partial charge in [0, 0.05) is 5.71 Å². The number of carbonyl (C=O) groups is 1. The zero-order valence-corrected chi connectivity index (χ0v) is 20.8. The first-order chi connectivity index (χ1) is 16.5. The van der Waals surface area contributed by atoms with E-state index in [9.17, 15) is 26.4 Å². The van der Waals surface area contributed by atoms with Gasteiger partial charge >= 0.3 is 6.18 Å². The summed E-state index contributed by atoms with van der Waals surface area (Å²) >= 11 is 5.72. The lowest BCUT2D eigenvalue weighted by molar-refractivity contribution is -0.137. The third-order valence-electron chi connectivity index (χ3n) is 5.71. The monoisotopic (exact) mass is 529 g/mol. The highest BCUT2D eigenvalue weighted by atomic mass is 35.5. The molecule has 6 nitrogen and oxygen atoms in total. The molecule has 0 radical (unpaired) electrons. The van der Waals surface area contributed by atoms with Crippen LogP contribution in [-0.2, 0) is 21.0 Å². The van der Waals surface area contributed by atoms with Gasteiger partial charge in [-0.2, -0.15) is 18.3 Å². The first-order valence-corrected chi connectivity index (χ1v) is 13.1. The molecule has 3 rings (SSSR count). The minimum atomic E-state index is -4.81. The molecule has 2 aromatic carbocycles. The van der Waals surface area contributed by atoms with Crippen molar-refractivity contribution < 1.29 is 26.4 Å². The maximum Gasteiger partial charge on any atom is 0.417 e. The van der Waals surface area contributed by atoms with Gasteiger partial charge in [0.15, 0.2) is 0 Å². The quantitative estimate of drug-likeness (QED) is 0.461. The number of hydrogen-bond donors (Lipinski definition) is 1. The SMILES string of the molecule is Cc1ccc(S(=O)(=O)N(CC(=O)NN=C2CCCCCCC2)c2ccc(Cl)c(C(F)(F)F)c2)cc1. The Morgan fingerprint density at radius 3 is 2.23 bits per heavy atom. The molecule has 1 amide bonds. The van der Waals surface area contributed by atoms with E-state index in [-0.39, 0.29) is 10.6 Å². The van der Waals surface area contributed by atoms with E-state index in [2.05, 4.69) is 10.5 Å². The van der Waals surface area contributed by atoms with E-state index in [1.807, 2.05) is 0 Å². The number of amides is 1. The molecule has 0 aliphatic heterocycles. The van der Waals surface area contributed by atoms with Gasteiger partial charge in [0.05, 0.1) is 21.2 Å².